The van der Waals surface area contributed by atoms with E-state index in [1.54, 1.807) is 0 Å². The molecule has 0 saturated carbocycles. The molecule has 0 bridgehead atoms. The first-order valence-electron chi connectivity index (χ1n) is 4.05. The van der Waals surface area contributed by atoms with Crippen LogP contribution in [0.25, 0.3) is 0 Å². The molecular formula is C9H9F2NO3. The smallest absolute Gasteiger partial charge is 0.323 e. The van der Waals surface area contributed by atoms with E-state index in [1.165, 1.54) is 0 Å². The van der Waals surface area contributed by atoms with Gasteiger partial charge >= 0.3 is 5.97 Å². The zero-order valence-electron chi connectivity index (χ0n) is 7.52. The summed E-state index contributed by atoms with van der Waals surface area (Å²) in [7, 11) is 0. The fourth-order valence-electron chi connectivity index (χ4n) is 1.11. The summed E-state index contributed by atoms with van der Waals surface area (Å²) < 4.78 is 26.2. The summed E-state index contributed by atoms with van der Waals surface area (Å²) in [6, 6.07) is 1.16. The first-order valence-corrected chi connectivity index (χ1v) is 4.05. The molecule has 0 unspecified atom stereocenters. The topological polar surface area (TPSA) is 83.6 Å². The van der Waals surface area contributed by atoms with Crippen LogP contribution in [0.2, 0.25) is 0 Å². The Morgan fingerprint density at radius 1 is 1.33 bits per heavy atom. The van der Waals surface area contributed by atoms with Crippen LogP contribution in [0.3, 0.4) is 0 Å². The summed E-state index contributed by atoms with van der Waals surface area (Å²) in [5.41, 5.74) is 4.32. The van der Waals surface area contributed by atoms with Crippen molar-refractivity contribution in [3.05, 3.63) is 35.4 Å². The predicted molar refractivity (Wildman–Crippen MR) is 46.9 cm³/mol. The van der Waals surface area contributed by atoms with Crippen LogP contribution in [-0.2, 0) is 4.79 Å². The Kier molecular flexibility index (Phi) is 3.33. The molecule has 0 aliphatic rings. The largest absolute Gasteiger partial charge is 0.480 e. The van der Waals surface area contributed by atoms with E-state index in [0.717, 1.165) is 18.2 Å². The van der Waals surface area contributed by atoms with Crippen LogP contribution in [0.5, 0.6) is 0 Å². The van der Waals surface area contributed by atoms with Crippen molar-refractivity contribution in [3.8, 4) is 0 Å². The fourth-order valence-corrected chi connectivity index (χ4v) is 1.11. The number of hydrogen-bond donors (Lipinski definition) is 3. The number of nitrogens with two attached hydrogens (primary N) is 1. The Balaban J connectivity index is 3.10. The number of rotatable bonds is 3. The molecule has 0 saturated heterocycles. The molecule has 4 nitrogen and oxygen atoms in total. The van der Waals surface area contributed by atoms with Crippen molar-refractivity contribution < 1.29 is 23.8 Å². The number of halogens is 2. The van der Waals surface area contributed by atoms with Crippen LogP contribution in [0, 0.1) is 11.6 Å². The summed E-state index contributed by atoms with van der Waals surface area (Å²) in [6.07, 6.45) is -1.91. The molecule has 1 aromatic rings. The molecule has 6 heteroatoms. The average molecular weight is 217 g/mol. The van der Waals surface area contributed by atoms with E-state index in [4.69, 9.17) is 10.8 Å². The SMILES string of the molecule is N[C@H](C(=O)O)[C@H](O)c1c(F)cccc1F. The number of hydrogen-bond acceptors (Lipinski definition) is 3. The lowest BCUT2D eigenvalue weighted by atomic mass is 10.0. The van der Waals surface area contributed by atoms with Crippen molar-refractivity contribution in [2.75, 3.05) is 0 Å². The monoisotopic (exact) mass is 217 g/mol. The van der Waals surface area contributed by atoms with Gasteiger partial charge in [0.2, 0.25) is 0 Å². The highest BCUT2D eigenvalue weighted by molar-refractivity contribution is 5.74. The number of carbonyl (C=O) groups is 1. The highest BCUT2D eigenvalue weighted by atomic mass is 19.1. The molecule has 0 radical (unpaired) electrons. The van der Waals surface area contributed by atoms with Gasteiger partial charge in [-0.15, -0.1) is 0 Å². The van der Waals surface area contributed by atoms with Gasteiger partial charge in [0.15, 0.2) is 0 Å². The molecule has 82 valence electrons. The molecule has 15 heavy (non-hydrogen) atoms. The average Bonchev–Trinajstić information content (AvgIpc) is 2.15. The molecule has 0 aliphatic carbocycles. The van der Waals surface area contributed by atoms with Crippen LogP contribution in [-0.4, -0.2) is 22.2 Å². The fraction of sp³-hybridized carbons (Fsp3) is 0.222. The quantitative estimate of drug-likeness (QED) is 0.684. The van der Waals surface area contributed by atoms with Crippen molar-refractivity contribution in [2.24, 2.45) is 5.73 Å². The first kappa shape index (κ1) is 11.5. The minimum Gasteiger partial charge on any atom is -0.480 e. The van der Waals surface area contributed by atoms with Gasteiger partial charge in [-0.2, -0.15) is 0 Å². The van der Waals surface area contributed by atoms with Crippen molar-refractivity contribution in [1.29, 1.82) is 0 Å². The maximum absolute atomic E-state index is 13.1. The van der Waals surface area contributed by atoms with Gasteiger partial charge in [0, 0.05) is 0 Å². The zero-order chi connectivity index (χ0) is 11.6. The van der Waals surface area contributed by atoms with Crippen LogP contribution in [0.15, 0.2) is 18.2 Å². The molecule has 0 aliphatic heterocycles. The highest BCUT2D eigenvalue weighted by Gasteiger charge is 2.28. The number of carboxylic acids is 1. The predicted octanol–water partition coefficient (Wildman–Crippen LogP) is 0.410. The number of aliphatic hydroxyl groups is 1. The summed E-state index contributed by atoms with van der Waals surface area (Å²) in [6.45, 7) is 0. The van der Waals surface area contributed by atoms with Gasteiger partial charge in [-0.25, -0.2) is 8.78 Å². The van der Waals surface area contributed by atoms with Crippen LogP contribution in [0.1, 0.15) is 11.7 Å². The van der Waals surface area contributed by atoms with E-state index in [9.17, 15) is 18.7 Å². The van der Waals surface area contributed by atoms with E-state index < -0.39 is 35.3 Å². The summed E-state index contributed by atoms with van der Waals surface area (Å²) >= 11 is 0. The summed E-state index contributed by atoms with van der Waals surface area (Å²) in [5, 5.41) is 17.8. The molecule has 1 aromatic carbocycles. The lowest BCUT2D eigenvalue weighted by Crippen LogP contribution is -2.37. The third-order valence-electron chi connectivity index (χ3n) is 1.92. The maximum atomic E-state index is 13.1. The number of carboxylic acid groups (broad SMARTS) is 1. The van der Waals surface area contributed by atoms with Crippen LogP contribution >= 0.6 is 0 Å². The Morgan fingerprint density at radius 3 is 2.20 bits per heavy atom. The Hall–Kier alpha value is -1.53. The molecular weight excluding hydrogens is 208 g/mol. The second-order valence-electron chi connectivity index (χ2n) is 2.94. The normalized spacial score (nSPS) is 14.7. The Bertz CT molecular complexity index is 363. The van der Waals surface area contributed by atoms with Gasteiger partial charge in [-0.05, 0) is 12.1 Å². The van der Waals surface area contributed by atoms with Crippen molar-refractivity contribution in [3.63, 3.8) is 0 Å². The molecule has 0 amide bonds. The molecule has 0 fully saturated rings. The van der Waals surface area contributed by atoms with E-state index in [-0.39, 0.29) is 0 Å². The number of aliphatic hydroxyl groups excluding tert-OH is 1. The van der Waals surface area contributed by atoms with Gasteiger partial charge in [0.1, 0.15) is 23.8 Å². The Morgan fingerprint density at radius 2 is 1.80 bits per heavy atom. The summed E-state index contributed by atoms with van der Waals surface area (Å²) in [4.78, 5) is 10.4. The highest BCUT2D eigenvalue weighted by Crippen LogP contribution is 2.22. The third-order valence-corrected chi connectivity index (χ3v) is 1.92. The van der Waals surface area contributed by atoms with Crippen molar-refractivity contribution in [2.45, 2.75) is 12.1 Å². The third kappa shape index (κ3) is 2.28. The second kappa shape index (κ2) is 4.33. The summed E-state index contributed by atoms with van der Waals surface area (Å²) in [5.74, 6) is -3.59. The molecule has 0 spiro atoms. The zero-order valence-corrected chi connectivity index (χ0v) is 7.52. The second-order valence-corrected chi connectivity index (χ2v) is 2.94. The minimum absolute atomic E-state index is 0.729. The molecule has 4 N–H and O–H groups in total. The number of benzene rings is 1. The molecule has 2 atom stereocenters. The van der Waals surface area contributed by atoms with Gasteiger partial charge < -0.3 is 15.9 Å². The van der Waals surface area contributed by atoms with Gasteiger partial charge in [-0.1, -0.05) is 6.07 Å². The van der Waals surface area contributed by atoms with E-state index >= 15 is 0 Å². The van der Waals surface area contributed by atoms with Gasteiger partial charge in [-0.3, -0.25) is 4.79 Å². The van der Waals surface area contributed by atoms with Crippen molar-refractivity contribution >= 4 is 5.97 Å². The Labute approximate surface area is 83.9 Å². The van der Waals surface area contributed by atoms with Gasteiger partial charge in [0.05, 0.1) is 5.56 Å². The molecule has 1 rings (SSSR count). The van der Waals surface area contributed by atoms with Crippen LogP contribution < -0.4 is 5.73 Å². The standard InChI is InChI=1S/C9H9F2NO3/c10-4-2-1-3-5(11)6(4)8(13)7(12)9(14)15/h1-3,7-8,13H,12H2,(H,14,15)/t7-,8+/m0/s1. The van der Waals surface area contributed by atoms with E-state index in [2.05, 4.69) is 0 Å². The molecule has 0 heterocycles. The lowest BCUT2D eigenvalue weighted by Gasteiger charge is -2.16. The first-order chi connectivity index (χ1) is 6.95. The molecule has 0 aromatic heterocycles. The van der Waals surface area contributed by atoms with Crippen LogP contribution in [0.4, 0.5) is 8.78 Å². The number of aliphatic carboxylic acids is 1. The minimum atomic E-state index is -1.91. The lowest BCUT2D eigenvalue weighted by molar-refractivity contribution is -0.141. The van der Waals surface area contributed by atoms with Crippen molar-refractivity contribution in [1.82, 2.24) is 0 Å². The van der Waals surface area contributed by atoms with E-state index in [0.29, 0.717) is 0 Å². The van der Waals surface area contributed by atoms with E-state index in [1.807, 2.05) is 0 Å². The van der Waals surface area contributed by atoms with Gasteiger partial charge in [0.25, 0.3) is 0 Å². The maximum Gasteiger partial charge on any atom is 0.323 e.